The Morgan fingerprint density at radius 3 is 2.74 bits per heavy atom. The van der Waals surface area contributed by atoms with E-state index in [1.54, 1.807) is 18.9 Å². The van der Waals surface area contributed by atoms with Gasteiger partial charge in [0.2, 0.25) is 0 Å². The van der Waals surface area contributed by atoms with E-state index in [2.05, 4.69) is 5.32 Å². The van der Waals surface area contributed by atoms with Gasteiger partial charge >= 0.3 is 0 Å². The first-order chi connectivity index (χ1) is 11.0. The fourth-order valence-electron chi connectivity index (χ4n) is 2.63. The third-order valence-electron chi connectivity index (χ3n) is 3.91. The van der Waals surface area contributed by atoms with Crippen molar-refractivity contribution in [2.24, 2.45) is 0 Å². The molecule has 0 radical (unpaired) electrons. The van der Waals surface area contributed by atoms with Crippen molar-refractivity contribution in [2.45, 2.75) is 19.4 Å². The van der Waals surface area contributed by atoms with Crippen LogP contribution in [-0.2, 0) is 0 Å². The molecule has 0 saturated carbocycles. The summed E-state index contributed by atoms with van der Waals surface area (Å²) in [5.41, 5.74) is -0.276. The second kappa shape index (κ2) is 7.28. The van der Waals surface area contributed by atoms with Gasteiger partial charge in [-0.15, -0.1) is 0 Å². The molecule has 0 aromatic heterocycles. The number of nitro groups is 1. The molecule has 1 unspecified atom stereocenters. The number of hydrogen-bond donors (Lipinski definition) is 1. The number of methoxy groups -OCH3 is 1. The third kappa shape index (κ3) is 3.53. The van der Waals surface area contributed by atoms with Crippen molar-refractivity contribution in [3.05, 3.63) is 27.8 Å². The largest absolute Gasteiger partial charge is 0.493 e. The number of carbonyl (C=O) groups is 1. The Hall–Kier alpha value is -2.35. The number of ether oxygens (including phenoxy) is 2. The maximum absolute atomic E-state index is 12.7. The highest BCUT2D eigenvalue weighted by Gasteiger charge is 2.30. The molecule has 126 valence electrons. The van der Waals surface area contributed by atoms with Gasteiger partial charge in [0.25, 0.3) is 11.6 Å². The molecule has 8 heteroatoms. The van der Waals surface area contributed by atoms with E-state index in [0.717, 1.165) is 13.0 Å². The maximum Gasteiger partial charge on any atom is 0.286 e. The number of rotatable bonds is 6. The van der Waals surface area contributed by atoms with Gasteiger partial charge in [-0.2, -0.15) is 0 Å². The van der Waals surface area contributed by atoms with Crippen molar-refractivity contribution < 1.29 is 19.2 Å². The van der Waals surface area contributed by atoms with Gasteiger partial charge in [-0.05, 0) is 19.9 Å². The molecule has 1 aromatic carbocycles. The van der Waals surface area contributed by atoms with Gasteiger partial charge in [0.1, 0.15) is 5.56 Å². The summed E-state index contributed by atoms with van der Waals surface area (Å²) >= 11 is 0. The fraction of sp³-hybridized carbons (Fsp3) is 0.533. The van der Waals surface area contributed by atoms with Crippen LogP contribution in [0.25, 0.3) is 0 Å². The Morgan fingerprint density at radius 1 is 1.48 bits per heavy atom. The van der Waals surface area contributed by atoms with Gasteiger partial charge in [0, 0.05) is 25.7 Å². The first-order valence-electron chi connectivity index (χ1n) is 7.46. The van der Waals surface area contributed by atoms with E-state index in [1.807, 2.05) is 0 Å². The van der Waals surface area contributed by atoms with Crippen LogP contribution in [0.1, 0.15) is 23.7 Å². The van der Waals surface area contributed by atoms with Crippen LogP contribution in [0.3, 0.4) is 0 Å². The van der Waals surface area contributed by atoms with Gasteiger partial charge in [-0.25, -0.2) is 0 Å². The lowest BCUT2D eigenvalue weighted by molar-refractivity contribution is -0.385. The van der Waals surface area contributed by atoms with E-state index >= 15 is 0 Å². The topological polar surface area (TPSA) is 93.9 Å². The molecule has 1 saturated heterocycles. The summed E-state index contributed by atoms with van der Waals surface area (Å²) in [6, 6.07) is 2.65. The lowest BCUT2D eigenvalue weighted by Crippen LogP contribution is -2.38. The molecule has 1 N–H and O–H groups in total. The lowest BCUT2D eigenvalue weighted by atomic mass is 10.1. The Bertz CT molecular complexity index is 599. The van der Waals surface area contributed by atoms with E-state index in [4.69, 9.17) is 9.47 Å². The molecule has 2 rings (SSSR count). The molecule has 0 bridgehead atoms. The minimum Gasteiger partial charge on any atom is -0.493 e. The monoisotopic (exact) mass is 323 g/mol. The molecule has 0 spiro atoms. The summed E-state index contributed by atoms with van der Waals surface area (Å²) in [6.45, 7) is 3.67. The molecular formula is C15H21N3O5. The third-order valence-corrected chi connectivity index (χ3v) is 3.91. The van der Waals surface area contributed by atoms with Crippen molar-refractivity contribution in [3.8, 4) is 11.5 Å². The first-order valence-corrected chi connectivity index (χ1v) is 7.46. The van der Waals surface area contributed by atoms with Crippen molar-refractivity contribution in [2.75, 3.05) is 33.9 Å². The number of likely N-dealkylation sites (N-methyl/N-ethyl adjacent to an activating group) is 1. The summed E-state index contributed by atoms with van der Waals surface area (Å²) in [4.78, 5) is 25.0. The molecule has 1 aliphatic rings. The van der Waals surface area contributed by atoms with Crippen LogP contribution in [0.5, 0.6) is 11.5 Å². The van der Waals surface area contributed by atoms with Crippen LogP contribution < -0.4 is 14.8 Å². The normalized spacial score (nSPS) is 16.9. The van der Waals surface area contributed by atoms with Crippen LogP contribution in [-0.4, -0.2) is 55.6 Å². The van der Waals surface area contributed by atoms with Crippen LogP contribution in [0.4, 0.5) is 5.69 Å². The number of amides is 1. The highest BCUT2D eigenvalue weighted by Crippen LogP contribution is 2.35. The standard InChI is InChI=1S/C15H21N3O5/c1-4-23-14-7-11(12(18(20)21)8-13(14)22-3)15(19)17(2)10-5-6-16-9-10/h7-8,10,16H,4-6,9H2,1-3H3. The van der Waals surface area contributed by atoms with Crippen LogP contribution >= 0.6 is 0 Å². The molecule has 1 aromatic rings. The van der Waals surface area contributed by atoms with Gasteiger partial charge < -0.3 is 19.7 Å². The molecule has 0 aliphatic carbocycles. The first kappa shape index (κ1) is 17.0. The average molecular weight is 323 g/mol. The summed E-state index contributed by atoms with van der Waals surface area (Å²) < 4.78 is 10.5. The smallest absolute Gasteiger partial charge is 0.286 e. The van der Waals surface area contributed by atoms with Crippen molar-refractivity contribution in [1.82, 2.24) is 10.2 Å². The van der Waals surface area contributed by atoms with E-state index in [-0.39, 0.29) is 23.0 Å². The molecule has 1 amide bonds. The van der Waals surface area contributed by atoms with Crippen LogP contribution in [0.15, 0.2) is 12.1 Å². The molecule has 8 nitrogen and oxygen atoms in total. The number of hydrogen-bond acceptors (Lipinski definition) is 6. The second-order valence-corrected chi connectivity index (χ2v) is 5.27. The zero-order chi connectivity index (χ0) is 17.0. The summed E-state index contributed by atoms with van der Waals surface area (Å²) in [5.74, 6) is 0.163. The number of nitro benzene ring substituents is 1. The Kier molecular flexibility index (Phi) is 5.38. The Balaban J connectivity index is 2.43. The van der Waals surface area contributed by atoms with Gasteiger partial charge in [-0.3, -0.25) is 14.9 Å². The highest BCUT2D eigenvalue weighted by atomic mass is 16.6. The Morgan fingerprint density at radius 2 is 2.22 bits per heavy atom. The van der Waals surface area contributed by atoms with Gasteiger partial charge in [0.15, 0.2) is 11.5 Å². The van der Waals surface area contributed by atoms with Crippen LogP contribution in [0.2, 0.25) is 0 Å². The highest BCUT2D eigenvalue weighted by molar-refractivity contribution is 5.99. The SMILES string of the molecule is CCOc1cc(C(=O)N(C)C2CCNC2)c([N+](=O)[O-])cc1OC. The number of benzene rings is 1. The van der Waals surface area contributed by atoms with Crippen molar-refractivity contribution >= 4 is 11.6 Å². The van der Waals surface area contributed by atoms with Gasteiger partial charge in [-0.1, -0.05) is 0 Å². The Labute approximate surface area is 134 Å². The fourth-order valence-corrected chi connectivity index (χ4v) is 2.63. The van der Waals surface area contributed by atoms with Crippen molar-refractivity contribution in [1.29, 1.82) is 0 Å². The van der Waals surface area contributed by atoms with E-state index in [1.165, 1.54) is 19.2 Å². The predicted octanol–water partition coefficient (Wildman–Crippen LogP) is 1.44. The quantitative estimate of drug-likeness (QED) is 0.629. The summed E-state index contributed by atoms with van der Waals surface area (Å²) in [7, 11) is 3.06. The minimum absolute atomic E-state index is 0.00801. The predicted molar refractivity (Wildman–Crippen MR) is 84.2 cm³/mol. The van der Waals surface area contributed by atoms with Crippen LogP contribution in [0, 0.1) is 10.1 Å². The minimum atomic E-state index is -0.577. The van der Waals surface area contributed by atoms with E-state index in [0.29, 0.717) is 18.9 Å². The van der Waals surface area contributed by atoms with Gasteiger partial charge in [0.05, 0.1) is 24.7 Å². The molecule has 1 fully saturated rings. The molecular weight excluding hydrogens is 302 g/mol. The number of carbonyl (C=O) groups excluding carboxylic acids is 1. The second-order valence-electron chi connectivity index (χ2n) is 5.27. The summed E-state index contributed by atoms with van der Waals surface area (Å²) in [5, 5.41) is 14.5. The lowest BCUT2D eigenvalue weighted by Gasteiger charge is -2.24. The zero-order valence-electron chi connectivity index (χ0n) is 13.5. The molecule has 1 aliphatic heterocycles. The zero-order valence-corrected chi connectivity index (χ0v) is 13.5. The number of nitrogens with one attached hydrogen (secondary N) is 1. The molecule has 1 heterocycles. The number of nitrogens with zero attached hydrogens (tertiary/aromatic N) is 2. The summed E-state index contributed by atoms with van der Waals surface area (Å²) in [6.07, 6.45) is 0.824. The maximum atomic E-state index is 12.7. The van der Waals surface area contributed by atoms with E-state index < -0.39 is 10.8 Å². The van der Waals surface area contributed by atoms with Crippen molar-refractivity contribution in [3.63, 3.8) is 0 Å². The average Bonchev–Trinajstić information content (AvgIpc) is 3.07. The van der Waals surface area contributed by atoms with E-state index in [9.17, 15) is 14.9 Å². The molecule has 1 atom stereocenters. The molecule has 23 heavy (non-hydrogen) atoms.